The van der Waals surface area contributed by atoms with Crippen molar-refractivity contribution in [3.63, 3.8) is 0 Å². The molecule has 156 valence electrons. The second kappa shape index (κ2) is 8.52. The molecule has 2 N–H and O–H groups in total. The van der Waals surface area contributed by atoms with Crippen molar-refractivity contribution in [3.8, 4) is 0 Å². The summed E-state index contributed by atoms with van der Waals surface area (Å²) in [6.07, 6.45) is 0. The van der Waals surface area contributed by atoms with Gasteiger partial charge < -0.3 is 10.6 Å². The van der Waals surface area contributed by atoms with Gasteiger partial charge in [0.2, 0.25) is 0 Å². The summed E-state index contributed by atoms with van der Waals surface area (Å²) < 4.78 is 0. The highest BCUT2D eigenvalue weighted by Gasteiger charge is 2.33. The van der Waals surface area contributed by atoms with E-state index in [0.29, 0.717) is 46.7 Å². The van der Waals surface area contributed by atoms with E-state index < -0.39 is 0 Å². The Kier molecular flexibility index (Phi) is 5.26. The van der Waals surface area contributed by atoms with Gasteiger partial charge >= 0.3 is 0 Å². The van der Waals surface area contributed by atoms with Crippen molar-refractivity contribution >= 4 is 22.9 Å². The van der Waals surface area contributed by atoms with Crippen molar-refractivity contribution < 1.29 is 9.59 Å². The van der Waals surface area contributed by atoms with Gasteiger partial charge in [0.15, 0.2) is 11.6 Å². The molecule has 0 fully saturated rings. The fourth-order valence-corrected chi connectivity index (χ4v) is 4.10. The molecule has 1 aliphatic rings. The van der Waals surface area contributed by atoms with E-state index >= 15 is 0 Å². The van der Waals surface area contributed by atoms with E-state index in [-0.39, 0.29) is 11.6 Å². The molecule has 4 nitrogen and oxygen atoms in total. The second-order valence-corrected chi connectivity index (χ2v) is 7.79. The van der Waals surface area contributed by atoms with E-state index in [2.05, 4.69) is 10.6 Å². The van der Waals surface area contributed by atoms with Crippen molar-refractivity contribution in [2.75, 3.05) is 10.6 Å². The maximum atomic E-state index is 13.5. The number of anilines is 2. The molecule has 0 saturated carbocycles. The summed E-state index contributed by atoms with van der Waals surface area (Å²) >= 11 is 0. The van der Waals surface area contributed by atoms with Crippen molar-refractivity contribution in [1.82, 2.24) is 0 Å². The molecular weight excluding hydrogens is 396 g/mol. The number of fused-ring (bicyclic) bond motifs is 2. The van der Waals surface area contributed by atoms with Gasteiger partial charge in [0.1, 0.15) is 0 Å². The van der Waals surface area contributed by atoms with E-state index in [0.717, 1.165) is 11.1 Å². The summed E-state index contributed by atoms with van der Waals surface area (Å²) in [7, 11) is 0. The first-order valence-electron chi connectivity index (χ1n) is 10.6. The molecule has 0 saturated heterocycles. The number of ketones is 2. The summed E-state index contributed by atoms with van der Waals surface area (Å²) in [5.74, 6) is -0.261. The molecule has 0 bridgehead atoms. The zero-order chi connectivity index (χ0) is 21.9. The molecule has 0 aromatic heterocycles. The van der Waals surface area contributed by atoms with Crippen molar-refractivity contribution in [1.29, 1.82) is 0 Å². The number of nitrogens with one attached hydrogen (secondary N) is 2. The van der Waals surface area contributed by atoms with Crippen molar-refractivity contribution in [2.45, 2.75) is 13.1 Å². The lowest BCUT2D eigenvalue weighted by molar-refractivity contribution is 0.0980. The summed E-state index contributed by atoms with van der Waals surface area (Å²) in [5, 5.41) is 6.74. The van der Waals surface area contributed by atoms with Gasteiger partial charge in [0.25, 0.3) is 0 Å². The normalized spacial score (nSPS) is 12.1. The monoisotopic (exact) mass is 418 g/mol. The minimum Gasteiger partial charge on any atom is -0.380 e. The average Bonchev–Trinajstić information content (AvgIpc) is 2.86. The van der Waals surface area contributed by atoms with E-state index in [1.165, 1.54) is 0 Å². The number of hydrogen-bond donors (Lipinski definition) is 2. The first-order chi connectivity index (χ1) is 15.7. The molecule has 0 heterocycles. The van der Waals surface area contributed by atoms with Crippen LogP contribution < -0.4 is 10.6 Å². The highest BCUT2D eigenvalue weighted by Crippen LogP contribution is 2.37. The molecule has 0 aliphatic heterocycles. The third-order valence-electron chi connectivity index (χ3n) is 5.73. The van der Waals surface area contributed by atoms with Gasteiger partial charge in [0, 0.05) is 35.6 Å². The van der Waals surface area contributed by atoms with Crippen LogP contribution in [0.5, 0.6) is 0 Å². The highest BCUT2D eigenvalue weighted by atomic mass is 16.1. The first kappa shape index (κ1) is 19.8. The Morgan fingerprint density at radius 3 is 1.25 bits per heavy atom. The summed E-state index contributed by atoms with van der Waals surface area (Å²) in [4.78, 5) is 27.0. The Labute approximate surface area is 186 Å². The molecule has 0 spiro atoms. The fourth-order valence-electron chi connectivity index (χ4n) is 4.10. The lowest BCUT2D eigenvalue weighted by Gasteiger charge is -2.24. The number of benzene rings is 4. The maximum absolute atomic E-state index is 13.5. The van der Waals surface area contributed by atoms with Crippen LogP contribution in [0.15, 0.2) is 97.1 Å². The van der Waals surface area contributed by atoms with Gasteiger partial charge in [-0.15, -0.1) is 0 Å². The predicted octanol–water partition coefficient (Wildman–Crippen LogP) is 5.69. The molecule has 0 unspecified atom stereocenters. The molecule has 0 amide bonds. The number of rotatable bonds is 6. The molecule has 4 aromatic carbocycles. The maximum Gasteiger partial charge on any atom is 0.196 e. The van der Waals surface area contributed by atoms with Crippen LogP contribution in [0.4, 0.5) is 11.4 Å². The zero-order valence-electron chi connectivity index (χ0n) is 17.5. The lowest BCUT2D eigenvalue weighted by atomic mass is 9.82. The SMILES string of the molecule is O=C1c2ccccc2C(=O)c2c(NCc3ccccc3)ccc(NCc3ccccc3)c21. The zero-order valence-corrected chi connectivity index (χ0v) is 17.5. The van der Waals surface area contributed by atoms with Crippen LogP contribution in [-0.4, -0.2) is 11.6 Å². The average molecular weight is 418 g/mol. The quantitative estimate of drug-likeness (QED) is 0.372. The fraction of sp³-hybridized carbons (Fsp3) is 0.0714. The van der Waals surface area contributed by atoms with Gasteiger partial charge in [-0.05, 0) is 23.3 Å². The number of carbonyl (C=O) groups excluding carboxylic acids is 2. The van der Waals surface area contributed by atoms with E-state index in [9.17, 15) is 9.59 Å². The third kappa shape index (κ3) is 3.67. The van der Waals surface area contributed by atoms with E-state index in [1.807, 2.05) is 72.8 Å². The molecule has 4 heteroatoms. The summed E-state index contributed by atoms with van der Waals surface area (Å²) in [6, 6.07) is 30.8. The van der Waals surface area contributed by atoms with Crippen LogP contribution >= 0.6 is 0 Å². The van der Waals surface area contributed by atoms with Crippen LogP contribution in [0.25, 0.3) is 0 Å². The van der Waals surface area contributed by atoms with Gasteiger partial charge in [-0.3, -0.25) is 9.59 Å². The Hall–Kier alpha value is -4.18. The minimum atomic E-state index is -0.130. The van der Waals surface area contributed by atoms with Crippen LogP contribution in [0.1, 0.15) is 43.0 Å². The Bertz CT molecular complexity index is 1200. The van der Waals surface area contributed by atoms with Crippen LogP contribution in [0.2, 0.25) is 0 Å². The topological polar surface area (TPSA) is 58.2 Å². The smallest absolute Gasteiger partial charge is 0.196 e. The van der Waals surface area contributed by atoms with E-state index in [1.54, 1.807) is 24.3 Å². The number of hydrogen-bond acceptors (Lipinski definition) is 4. The third-order valence-corrected chi connectivity index (χ3v) is 5.73. The molecule has 4 aromatic rings. The number of carbonyl (C=O) groups is 2. The predicted molar refractivity (Wildman–Crippen MR) is 127 cm³/mol. The van der Waals surface area contributed by atoms with Crippen LogP contribution in [0, 0.1) is 0 Å². The molecule has 32 heavy (non-hydrogen) atoms. The lowest BCUT2D eigenvalue weighted by Crippen LogP contribution is -2.24. The summed E-state index contributed by atoms with van der Waals surface area (Å²) in [6.45, 7) is 1.13. The standard InChI is InChI=1S/C28H22N2O2/c31-27-21-13-7-8-14-22(21)28(32)26-24(30-18-20-11-5-2-6-12-20)16-15-23(25(26)27)29-17-19-9-3-1-4-10-19/h1-16,29-30H,17-18H2. The van der Waals surface area contributed by atoms with Crippen LogP contribution in [-0.2, 0) is 13.1 Å². The second-order valence-electron chi connectivity index (χ2n) is 7.79. The molecule has 0 radical (unpaired) electrons. The van der Waals surface area contributed by atoms with E-state index in [4.69, 9.17) is 0 Å². The summed E-state index contributed by atoms with van der Waals surface area (Å²) in [5.41, 5.74) is 5.31. The molecule has 0 atom stereocenters. The largest absolute Gasteiger partial charge is 0.380 e. The Morgan fingerprint density at radius 1 is 0.469 bits per heavy atom. The minimum absolute atomic E-state index is 0.130. The van der Waals surface area contributed by atoms with Gasteiger partial charge in [-0.25, -0.2) is 0 Å². The van der Waals surface area contributed by atoms with Crippen molar-refractivity contribution in [2.24, 2.45) is 0 Å². The molecule has 1 aliphatic carbocycles. The highest BCUT2D eigenvalue weighted by molar-refractivity contribution is 6.31. The van der Waals surface area contributed by atoms with Gasteiger partial charge in [0.05, 0.1) is 11.1 Å². The van der Waals surface area contributed by atoms with Gasteiger partial charge in [-0.2, -0.15) is 0 Å². The molecule has 5 rings (SSSR count). The first-order valence-corrected chi connectivity index (χ1v) is 10.6. The van der Waals surface area contributed by atoms with Gasteiger partial charge in [-0.1, -0.05) is 84.9 Å². The Morgan fingerprint density at radius 2 is 0.844 bits per heavy atom. The molecular formula is C28H22N2O2. The Balaban J connectivity index is 1.55. The van der Waals surface area contributed by atoms with Crippen molar-refractivity contribution in [3.05, 3.63) is 130 Å². The van der Waals surface area contributed by atoms with Crippen LogP contribution in [0.3, 0.4) is 0 Å².